The molecule has 0 aliphatic rings. The number of nitro benzene ring substituents is 1. The van der Waals surface area contributed by atoms with Gasteiger partial charge < -0.3 is 4.84 Å². The average Bonchev–Trinajstić information content (AvgIpc) is 2.77. The van der Waals surface area contributed by atoms with E-state index in [1.807, 2.05) is 19.1 Å². The first-order chi connectivity index (χ1) is 14.4. The lowest BCUT2D eigenvalue weighted by Crippen LogP contribution is -2.11. The third kappa shape index (κ3) is 5.10. The summed E-state index contributed by atoms with van der Waals surface area (Å²) in [7, 11) is 0. The molecule has 1 N–H and O–H groups in total. The predicted molar refractivity (Wildman–Crippen MR) is 109 cm³/mol. The summed E-state index contributed by atoms with van der Waals surface area (Å²) in [6.45, 7) is 1.81. The molecule has 9 heteroatoms. The molecule has 0 bridgehead atoms. The Bertz CT molecular complexity index is 1110. The third-order valence-corrected chi connectivity index (χ3v) is 4.08. The third-order valence-electron chi connectivity index (χ3n) is 4.08. The zero-order valence-electron chi connectivity index (χ0n) is 15.8. The van der Waals surface area contributed by atoms with Crippen molar-refractivity contribution in [2.45, 2.75) is 6.92 Å². The number of amides is 1. The smallest absolute Gasteiger partial charge is 0.338 e. The van der Waals surface area contributed by atoms with Gasteiger partial charge >= 0.3 is 5.97 Å². The van der Waals surface area contributed by atoms with Crippen molar-refractivity contribution >= 4 is 28.9 Å². The first-order valence-electron chi connectivity index (χ1n) is 8.77. The van der Waals surface area contributed by atoms with Crippen LogP contribution in [0, 0.1) is 17.0 Å². The van der Waals surface area contributed by atoms with E-state index < -0.39 is 16.8 Å². The van der Waals surface area contributed by atoms with Crippen molar-refractivity contribution < 1.29 is 19.3 Å². The first kappa shape index (κ1) is 20.3. The van der Waals surface area contributed by atoms with Crippen molar-refractivity contribution in [2.24, 2.45) is 10.2 Å². The van der Waals surface area contributed by atoms with Crippen molar-refractivity contribution in [1.82, 2.24) is 0 Å². The molecular weight excluding hydrogens is 388 g/mol. The monoisotopic (exact) mass is 404 g/mol. The second kappa shape index (κ2) is 9.20. The van der Waals surface area contributed by atoms with E-state index >= 15 is 0 Å². The lowest BCUT2D eigenvalue weighted by Gasteiger charge is -2.08. The normalized spacial score (nSPS) is 10.6. The van der Waals surface area contributed by atoms with Gasteiger partial charge in [-0.2, -0.15) is 0 Å². The number of rotatable bonds is 6. The quantitative estimate of drug-likeness (QED) is 0.350. The van der Waals surface area contributed by atoms with Crippen LogP contribution in [-0.4, -0.2) is 16.8 Å². The molecule has 0 aliphatic carbocycles. The summed E-state index contributed by atoms with van der Waals surface area (Å²) >= 11 is 0. The van der Waals surface area contributed by atoms with Crippen LogP contribution in [0.15, 0.2) is 83.0 Å². The second-order valence-electron chi connectivity index (χ2n) is 6.16. The molecule has 0 heterocycles. The molecule has 3 rings (SSSR count). The number of azo groups is 1. The Morgan fingerprint density at radius 1 is 0.967 bits per heavy atom. The SMILES string of the molecule is Cc1ccccc1C(=O)ONc1ccc(N=NC(=O)c2ccc([N+](=O)[O-])cc2)cc1. The van der Waals surface area contributed by atoms with Crippen LogP contribution in [0.5, 0.6) is 0 Å². The number of non-ortho nitro benzene ring substituents is 1. The summed E-state index contributed by atoms with van der Waals surface area (Å²) < 4.78 is 0. The lowest BCUT2D eigenvalue weighted by atomic mass is 10.1. The van der Waals surface area contributed by atoms with E-state index in [0.717, 1.165) is 5.56 Å². The highest BCUT2D eigenvalue weighted by atomic mass is 16.7. The number of benzene rings is 3. The number of aryl methyl sites for hydroxylation is 1. The number of nitrogens with zero attached hydrogens (tertiary/aromatic N) is 3. The maximum Gasteiger partial charge on any atom is 0.363 e. The van der Waals surface area contributed by atoms with Crippen molar-refractivity contribution in [3.05, 3.63) is 99.6 Å². The highest BCUT2D eigenvalue weighted by Crippen LogP contribution is 2.19. The molecule has 3 aromatic rings. The average molecular weight is 404 g/mol. The van der Waals surface area contributed by atoms with Gasteiger partial charge in [0.05, 0.1) is 21.9 Å². The molecule has 0 fully saturated rings. The molecule has 0 unspecified atom stereocenters. The topological polar surface area (TPSA) is 123 Å². The molecule has 150 valence electrons. The Kier molecular flexibility index (Phi) is 6.23. The van der Waals surface area contributed by atoms with Gasteiger partial charge in [-0.3, -0.25) is 14.9 Å². The minimum absolute atomic E-state index is 0.116. The number of anilines is 1. The summed E-state index contributed by atoms with van der Waals surface area (Å²) in [4.78, 5) is 39.2. The van der Waals surface area contributed by atoms with Crippen LogP contribution in [0.25, 0.3) is 0 Å². The van der Waals surface area contributed by atoms with Gasteiger partial charge in [-0.25, -0.2) is 10.3 Å². The van der Waals surface area contributed by atoms with Crippen LogP contribution >= 0.6 is 0 Å². The summed E-state index contributed by atoms with van der Waals surface area (Å²) in [5.74, 6) is -1.13. The zero-order chi connectivity index (χ0) is 21.5. The van der Waals surface area contributed by atoms with Gasteiger partial charge in [0.2, 0.25) is 0 Å². The van der Waals surface area contributed by atoms with Crippen LogP contribution in [0.4, 0.5) is 17.1 Å². The second-order valence-corrected chi connectivity index (χ2v) is 6.16. The Balaban J connectivity index is 1.57. The molecule has 0 saturated heterocycles. The minimum Gasteiger partial charge on any atom is -0.338 e. The Labute approximate surface area is 171 Å². The molecule has 0 atom stereocenters. The summed E-state index contributed by atoms with van der Waals surface area (Å²) in [6, 6.07) is 18.5. The molecule has 9 nitrogen and oxygen atoms in total. The summed E-state index contributed by atoms with van der Waals surface area (Å²) in [6.07, 6.45) is 0. The van der Waals surface area contributed by atoms with Gasteiger partial charge in [0, 0.05) is 17.7 Å². The van der Waals surface area contributed by atoms with E-state index in [4.69, 9.17) is 4.84 Å². The largest absolute Gasteiger partial charge is 0.363 e. The van der Waals surface area contributed by atoms with Crippen LogP contribution in [0.3, 0.4) is 0 Å². The standard InChI is InChI=1S/C21H16N4O5/c1-14-4-2-3-5-19(14)21(27)30-24-17-10-8-16(9-11-17)22-23-20(26)15-6-12-18(13-7-15)25(28)29/h2-13,24H,1H3. The zero-order valence-corrected chi connectivity index (χ0v) is 15.8. The van der Waals surface area contributed by atoms with Crippen LogP contribution < -0.4 is 5.48 Å². The molecule has 0 spiro atoms. The van der Waals surface area contributed by atoms with E-state index in [2.05, 4.69) is 15.7 Å². The van der Waals surface area contributed by atoms with Crippen molar-refractivity contribution in [2.75, 3.05) is 5.48 Å². The number of nitrogens with one attached hydrogen (secondary N) is 1. The maximum atomic E-state index is 12.1. The van der Waals surface area contributed by atoms with Crippen molar-refractivity contribution in [1.29, 1.82) is 0 Å². The van der Waals surface area contributed by atoms with E-state index in [1.165, 1.54) is 24.3 Å². The number of hydrogen-bond acceptors (Lipinski definition) is 7. The highest BCUT2D eigenvalue weighted by molar-refractivity contribution is 5.94. The summed E-state index contributed by atoms with van der Waals surface area (Å²) in [5.41, 5.74) is 4.81. The van der Waals surface area contributed by atoms with Crippen molar-refractivity contribution in [3.8, 4) is 0 Å². The number of carbonyl (C=O) groups excluding carboxylic acids is 2. The highest BCUT2D eigenvalue weighted by Gasteiger charge is 2.10. The summed E-state index contributed by atoms with van der Waals surface area (Å²) in [5, 5.41) is 18.1. The van der Waals surface area contributed by atoms with Gasteiger partial charge in [-0.05, 0) is 55.0 Å². The number of hydrogen-bond donors (Lipinski definition) is 1. The van der Waals surface area contributed by atoms with E-state index in [1.54, 1.807) is 36.4 Å². The maximum absolute atomic E-state index is 12.1. The molecule has 0 aliphatic heterocycles. The van der Waals surface area contributed by atoms with E-state index in [0.29, 0.717) is 16.9 Å². The van der Waals surface area contributed by atoms with Crippen LogP contribution in [0.1, 0.15) is 26.3 Å². The molecule has 1 amide bonds. The van der Waals surface area contributed by atoms with E-state index in [9.17, 15) is 19.7 Å². The van der Waals surface area contributed by atoms with Gasteiger partial charge in [0.15, 0.2) is 0 Å². The Morgan fingerprint density at radius 3 is 2.27 bits per heavy atom. The molecule has 0 saturated carbocycles. The van der Waals surface area contributed by atoms with Gasteiger partial charge in [-0.1, -0.05) is 18.2 Å². The first-order valence-corrected chi connectivity index (χ1v) is 8.77. The van der Waals surface area contributed by atoms with Crippen LogP contribution in [0.2, 0.25) is 0 Å². The van der Waals surface area contributed by atoms with Crippen molar-refractivity contribution in [3.63, 3.8) is 0 Å². The van der Waals surface area contributed by atoms with Crippen LogP contribution in [-0.2, 0) is 4.84 Å². The van der Waals surface area contributed by atoms with Gasteiger partial charge in [0.25, 0.3) is 11.6 Å². The fraction of sp³-hybridized carbons (Fsp3) is 0.0476. The minimum atomic E-state index is -0.626. The Morgan fingerprint density at radius 2 is 1.63 bits per heavy atom. The molecule has 3 aromatic carbocycles. The number of nitro groups is 1. The fourth-order valence-electron chi connectivity index (χ4n) is 2.44. The lowest BCUT2D eigenvalue weighted by molar-refractivity contribution is -0.384. The molecule has 30 heavy (non-hydrogen) atoms. The van der Waals surface area contributed by atoms with Gasteiger partial charge in [-0.15, -0.1) is 10.2 Å². The van der Waals surface area contributed by atoms with Gasteiger partial charge in [0.1, 0.15) is 0 Å². The molecule has 0 aromatic heterocycles. The molecular formula is C21H16N4O5. The Hall–Kier alpha value is -4.40. The fourth-order valence-corrected chi connectivity index (χ4v) is 2.44. The number of carbonyl (C=O) groups is 2. The molecule has 0 radical (unpaired) electrons. The predicted octanol–water partition coefficient (Wildman–Crippen LogP) is 5.01. The van der Waals surface area contributed by atoms with E-state index in [-0.39, 0.29) is 11.3 Å².